The van der Waals surface area contributed by atoms with Crippen LogP contribution in [0.25, 0.3) is 10.8 Å². The zero-order valence-corrected chi connectivity index (χ0v) is 19.1. The third-order valence-electron chi connectivity index (χ3n) is 5.51. The topological polar surface area (TPSA) is 127 Å². The Labute approximate surface area is 199 Å². The largest absolute Gasteiger partial charge is 0.370 e. The minimum absolute atomic E-state index is 0.221. The van der Waals surface area contributed by atoms with Crippen LogP contribution in [0.4, 0.5) is 0 Å². The first-order valence-corrected chi connectivity index (χ1v) is 11.8. The van der Waals surface area contributed by atoms with Crippen LogP contribution in [0.5, 0.6) is 0 Å². The first-order valence-electron chi connectivity index (χ1n) is 10.6. The van der Waals surface area contributed by atoms with Crippen molar-refractivity contribution in [3.8, 4) is 0 Å². The van der Waals surface area contributed by atoms with Gasteiger partial charge in [0.25, 0.3) is 5.91 Å². The summed E-state index contributed by atoms with van der Waals surface area (Å²) in [5, 5.41) is 8.13. The fraction of sp³-hybridized carbons (Fsp3) is 0.160. The van der Waals surface area contributed by atoms with Gasteiger partial charge in [0.05, 0.1) is 11.8 Å². The van der Waals surface area contributed by atoms with Gasteiger partial charge in [0.2, 0.25) is 5.91 Å². The van der Waals surface area contributed by atoms with Crippen LogP contribution in [0.3, 0.4) is 0 Å². The van der Waals surface area contributed by atoms with Crippen molar-refractivity contribution in [3.63, 3.8) is 0 Å². The molecule has 0 radical (unpaired) electrons. The van der Waals surface area contributed by atoms with Crippen molar-refractivity contribution in [3.05, 3.63) is 101 Å². The standard InChI is InChI=1S/C25H24N4O4S/c26-24(30)14-23(34(32)33)21-9-7-18(16-29-11-3-10-28-29)13-22(21)25(31)27-15-17-6-8-19-4-1-2-5-20(19)12-17/h1-13,23H,14-16H2,(H2,26,30)(H,27,31)(H,32,33). The first kappa shape index (κ1) is 23.3. The fourth-order valence-electron chi connectivity index (χ4n) is 3.86. The van der Waals surface area contributed by atoms with Crippen LogP contribution in [0.15, 0.2) is 79.1 Å². The second-order valence-electron chi connectivity index (χ2n) is 7.92. The minimum Gasteiger partial charge on any atom is -0.370 e. The summed E-state index contributed by atoms with van der Waals surface area (Å²) in [7, 11) is 0. The van der Waals surface area contributed by atoms with Crippen LogP contribution in [0.1, 0.15) is 38.7 Å². The van der Waals surface area contributed by atoms with Crippen LogP contribution in [0, 0.1) is 0 Å². The smallest absolute Gasteiger partial charge is 0.251 e. The van der Waals surface area contributed by atoms with Crippen LogP contribution < -0.4 is 11.1 Å². The van der Waals surface area contributed by atoms with Crippen LogP contribution in [-0.2, 0) is 29.0 Å². The molecule has 9 heteroatoms. The lowest BCUT2D eigenvalue weighted by molar-refractivity contribution is -0.118. The number of carbonyl (C=O) groups excluding carboxylic acids is 2. The van der Waals surface area contributed by atoms with Gasteiger partial charge in [-0.2, -0.15) is 5.10 Å². The normalized spacial score (nSPS) is 12.9. The summed E-state index contributed by atoms with van der Waals surface area (Å²) in [6.07, 6.45) is 3.10. The van der Waals surface area contributed by atoms with Crippen molar-refractivity contribution in [2.45, 2.75) is 24.8 Å². The van der Waals surface area contributed by atoms with Crippen LogP contribution in [0.2, 0.25) is 0 Å². The molecule has 8 nitrogen and oxygen atoms in total. The Balaban J connectivity index is 1.63. The van der Waals surface area contributed by atoms with E-state index in [4.69, 9.17) is 5.73 Å². The van der Waals surface area contributed by atoms with Gasteiger partial charge in [-0.25, -0.2) is 4.21 Å². The van der Waals surface area contributed by atoms with Gasteiger partial charge in [0.1, 0.15) is 0 Å². The van der Waals surface area contributed by atoms with Crippen molar-refractivity contribution in [1.29, 1.82) is 0 Å². The van der Waals surface area contributed by atoms with Crippen molar-refractivity contribution in [1.82, 2.24) is 15.1 Å². The second-order valence-corrected chi connectivity index (χ2v) is 9.05. The number of aromatic nitrogens is 2. The summed E-state index contributed by atoms with van der Waals surface area (Å²) >= 11 is -2.39. The molecule has 0 saturated carbocycles. The Kier molecular flexibility index (Phi) is 7.15. The predicted octanol–water partition coefficient (Wildman–Crippen LogP) is 3.15. The van der Waals surface area contributed by atoms with Gasteiger partial charge in [0, 0.05) is 30.9 Å². The van der Waals surface area contributed by atoms with E-state index in [1.807, 2.05) is 42.5 Å². The van der Waals surface area contributed by atoms with Gasteiger partial charge in [-0.1, -0.05) is 48.5 Å². The van der Waals surface area contributed by atoms with E-state index in [0.29, 0.717) is 12.1 Å². The molecule has 0 aliphatic rings. The molecule has 4 rings (SSSR count). The molecular weight excluding hydrogens is 452 g/mol. The van der Waals surface area contributed by atoms with E-state index in [-0.39, 0.29) is 18.5 Å². The number of carbonyl (C=O) groups is 2. The number of hydrogen-bond acceptors (Lipinski definition) is 4. The second kappa shape index (κ2) is 10.4. The van der Waals surface area contributed by atoms with Gasteiger partial charge >= 0.3 is 0 Å². The summed E-state index contributed by atoms with van der Waals surface area (Å²) in [5.74, 6) is -1.14. The van der Waals surface area contributed by atoms with Crippen LogP contribution >= 0.6 is 0 Å². The Morgan fingerprint density at radius 3 is 2.50 bits per heavy atom. The Hall–Kier alpha value is -3.82. The Morgan fingerprint density at radius 1 is 1.03 bits per heavy atom. The van der Waals surface area contributed by atoms with Gasteiger partial charge in [-0.3, -0.25) is 14.3 Å². The average Bonchev–Trinajstić information content (AvgIpc) is 3.34. The molecule has 1 heterocycles. The maximum absolute atomic E-state index is 13.2. The number of nitrogens with zero attached hydrogens (tertiary/aromatic N) is 2. The van der Waals surface area contributed by atoms with Gasteiger partial charge in [-0.15, -0.1) is 0 Å². The molecule has 174 valence electrons. The lowest BCUT2D eigenvalue weighted by atomic mass is 9.98. The number of nitrogens with two attached hydrogens (primary N) is 1. The fourth-order valence-corrected chi connectivity index (χ4v) is 4.59. The molecule has 0 spiro atoms. The molecule has 0 bridgehead atoms. The first-order chi connectivity index (χ1) is 16.4. The van der Waals surface area contributed by atoms with E-state index < -0.39 is 28.1 Å². The molecule has 3 aromatic carbocycles. The van der Waals surface area contributed by atoms with E-state index in [2.05, 4.69) is 10.4 Å². The third kappa shape index (κ3) is 5.56. The van der Waals surface area contributed by atoms with Crippen molar-refractivity contribution in [2.24, 2.45) is 5.73 Å². The molecule has 4 aromatic rings. The number of amides is 2. The molecule has 0 fully saturated rings. The van der Waals surface area contributed by atoms with E-state index in [9.17, 15) is 18.4 Å². The molecule has 4 N–H and O–H groups in total. The number of benzene rings is 3. The zero-order chi connectivity index (χ0) is 24.1. The Bertz CT molecular complexity index is 1350. The molecule has 2 atom stereocenters. The molecule has 34 heavy (non-hydrogen) atoms. The van der Waals surface area contributed by atoms with Gasteiger partial charge < -0.3 is 15.6 Å². The molecule has 0 saturated heterocycles. The molecule has 2 amide bonds. The highest BCUT2D eigenvalue weighted by atomic mass is 32.2. The van der Waals surface area contributed by atoms with E-state index >= 15 is 0 Å². The van der Waals surface area contributed by atoms with E-state index in [1.54, 1.807) is 41.3 Å². The summed E-state index contributed by atoms with van der Waals surface area (Å²) < 4.78 is 23.5. The van der Waals surface area contributed by atoms with Crippen molar-refractivity contribution >= 4 is 33.7 Å². The maximum atomic E-state index is 13.2. The van der Waals surface area contributed by atoms with Gasteiger partial charge in [-0.05, 0) is 45.7 Å². The molecule has 2 unspecified atom stereocenters. The lowest BCUT2D eigenvalue weighted by Gasteiger charge is -2.18. The minimum atomic E-state index is -2.39. The lowest BCUT2D eigenvalue weighted by Crippen LogP contribution is -2.26. The monoisotopic (exact) mass is 476 g/mol. The van der Waals surface area contributed by atoms with Crippen molar-refractivity contribution in [2.75, 3.05) is 0 Å². The number of primary amides is 1. The highest BCUT2D eigenvalue weighted by molar-refractivity contribution is 7.79. The number of nitrogens with one attached hydrogen (secondary N) is 1. The van der Waals surface area contributed by atoms with Gasteiger partial charge in [0.15, 0.2) is 11.1 Å². The molecule has 1 aromatic heterocycles. The van der Waals surface area contributed by atoms with E-state index in [0.717, 1.165) is 21.9 Å². The summed E-state index contributed by atoms with van der Waals surface area (Å²) in [6.45, 7) is 0.691. The summed E-state index contributed by atoms with van der Waals surface area (Å²) in [5.41, 5.74) is 7.51. The summed E-state index contributed by atoms with van der Waals surface area (Å²) in [6, 6.07) is 20.7. The third-order valence-corrected chi connectivity index (χ3v) is 6.42. The average molecular weight is 477 g/mol. The molecule has 0 aliphatic heterocycles. The predicted molar refractivity (Wildman–Crippen MR) is 130 cm³/mol. The molecular formula is C25H24N4O4S. The quantitative estimate of drug-likeness (QED) is 0.320. The number of hydrogen-bond donors (Lipinski definition) is 3. The summed E-state index contributed by atoms with van der Waals surface area (Å²) in [4.78, 5) is 24.8. The maximum Gasteiger partial charge on any atom is 0.251 e. The molecule has 0 aliphatic carbocycles. The number of rotatable bonds is 9. The van der Waals surface area contributed by atoms with Crippen LogP contribution in [-0.4, -0.2) is 30.4 Å². The SMILES string of the molecule is NC(=O)CC(c1ccc(Cn2cccn2)cc1C(=O)NCc1ccc2ccccc2c1)S(=O)O. The Morgan fingerprint density at radius 2 is 1.79 bits per heavy atom. The number of fused-ring (bicyclic) bond motifs is 1. The highest BCUT2D eigenvalue weighted by Gasteiger charge is 2.26. The highest BCUT2D eigenvalue weighted by Crippen LogP contribution is 2.27. The van der Waals surface area contributed by atoms with Crippen molar-refractivity contribution < 1.29 is 18.4 Å². The zero-order valence-electron chi connectivity index (χ0n) is 18.3. The van der Waals surface area contributed by atoms with E-state index in [1.165, 1.54) is 0 Å².